The van der Waals surface area contributed by atoms with Crippen LogP contribution < -0.4 is 0 Å². The molecule has 0 bridgehead atoms. The minimum Gasteiger partial charge on any atom is -0.457 e. The van der Waals surface area contributed by atoms with Gasteiger partial charge < -0.3 is 4.74 Å². The molecular weight excluding hydrogens is 304 g/mol. The van der Waals surface area contributed by atoms with E-state index in [1.807, 2.05) is 6.92 Å². The van der Waals surface area contributed by atoms with Crippen LogP contribution in [0.3, 0.4) is 0 Å². The zero-order valence-corrected chi connectivity index (χ0v) is 12.9. The molecule has 1 aromatic rings. The van der Waals surface area contributed by atoms with E-state index in [9.17, 15) is 13.2 Å². The number of nitrogens with zero attached hydrogens (tertiary/aromatic N) is 1. The Balaban J connectivity index is 2.22. The number of aromatic nitrogens is 2. The third-order valence-corrected chi connectivity index (χ3v) is 5.07. The Kier molecular flexibility index (Phi) is 4.39. The molecule has 6 nitrogen and oxygen atoms in total. The average molecular weight is 321 g/mol. The molecule has 1 aromatic heterocycles. The first-order valence-corrected chi connectivity index (χ1v) is 8.82. The summed E-state index contributed by atoms with van der Waals surface area (Å²) in [5, 5.41) is 6.17. The minimum absolute atomic E-state index is 0.195. The highest BCUT2D eigenvalue weighted by Crippen LogP contribution is 2.28. The summed E-state index contributed by atoms with van der Waals surface area (Å²) >= 11 is 0. The number of hydrogen-bond donors (Lipinski definition) is 1. The van der Waals surface area contributed by atoms with Crippen LogP contribution in [0.5, 0.6) is 0 Å². The van der Waals surface area contributed by atoms with Crippen LogP contribution in [0.1, 0.15) is 48.8 Å². The summed E-state index contributed by atoms with van der Waals surface area (Å²) in [5.41, 5.74) is -0.0427. The lowest BCUT2D eigenvalue weighted by Gasteiger charge is -2.28. The molecular formula is C12H17ClN2O4S. The van der Waals surface area contributed by atoms with Crippen LogP contribution in [0.4, 0.5) is 0 Å². The van der Waals surface area contributed by atoms with Crippen LogP contribution >= 0.6 is 10.7 Å². The van der Waals surface area contributed by atoms with Crippen molar-refractivity contribution in [1.29, 1.82) is 0 Å². The Hall–Kier alpha value is -1.08. The predicted molar refractivity (Wildman–Crippen MR) is 73.2 cm³/mol. The molecule has 8 heteroatoms. The van der Waals surface area contributed by atoms with Gasteiger partial charge in [-0.25, -0.2) is 13.2 Å². The van der Waals surface area contributed by atoms with Crippen molar-refractivity contribution in [3.63, 3.8) is 0 Å². The van der Waals surface area contributed by atoms with Crippen molar-refractivity contribution in [2.45, 2.75) is 50.5 Å². The van der Waals surface area contributed by atoms with Crippen LogP contribution in [-0.4, -0.2) is 30.7 Å². The predicted octanol–water partition coefficient (Wildman–Crippen LogP) is 2.38. The molecule has 0 aliphatic heterocycles. The van der Waals surface area contributed by atoms with Crippen molar-refractivity contribution < 1.29 is 17.9 Å². The Morgan fingerprint density at radius 3 is 2.65 bits per heavy atom. The number of halogens is 1. The number of H-pyrrole nitrogens is 1. The summed E-state index contributed by atoms with van der Waals surface area (Å²) in [7, 11) is 1.29. The first-order valence-electron chi connectivity index (χ1n) is 6.51. The van der Waals surface area contributed by atoms with Gasteiger partial charge in [-0.15, -0.1) is 0 Å². The normalized spacial score (nSPS) is 23.6. The van der Waals surface area contributed by atoms with E-state index in [1.165, 1.54) is 6.92 Å². The largest absolute Gasteiger partial charge is 0.457 e. The summed E-state index contributed by atoms with van der Waals surface area (Å²) < 4.78 is 28.4. The molecule has 0 amide bonds. The Morgan fingerprint density at radius 2 is 2.05 bits per heavy atom. The molecule has 0 radical (unpaired) electrons. The van der Waals surface area contributed by atoms with Crippen LogP contribution in [0.15, 0.2) is 4.90 Å². The van der Waals surface area contributed by atoms with E-state index < -0.39 is 15.0 Å². The van der Waals surface area contributed by atoms with Gasteiger partial charge in [0, 0.05) is 10.7 Å². The van der Waals surface area contributed by atoms with Crippen LogP contribution in [-0.2, 0) is 13.8 Å². The topological polar surface area (TPSA) is 89.1 Å². The van der Waals surface area contributed by atoms with Gasteiger partial charge in [-0.2, -0.15) is 5.10 Å². The second kappa shape index (κ2) is 5.73. The van der Waals surface area contributed by atoms with Gasteiger partial charge in [0.25, 0.3) is 9.05 Å². The Bertz CT molecular complexity index is 611. The number of carbonyl (C=O) groups excluding carboxylic acids is 1. The van der Waals surface area contributed by atoms with Crippen LogP contribution in [0.25, 0.3) is 0 Å². The van der Waals surface area contributed by atoms with E-state index in [0.29, 0.717) is 0 Å². The lowest BCUT2D eigenvalue weighted by Crippen LogP contribution is -2.28. The average Bonchev–Trinajstić information content (AvgIpc) is 2.74. The van der Waals surface area contributed by atoms with E-state index in [4.69, 9.17) is 15.4 Å². The number of ether oxygens (including phenoxy) is 1. The number of carbonyl (C=O) groups is 1. The smallest absolute Gasteiger partial charge is 0.360 e. The van der Waals surface area contributed by atoms with Crippen LogP contribution in [0, 0.1) is 12.8 Å². The highest BCUT2D eigenvalue weighted by atomic mass is 35.7. The fraction of sp³-hybridized carbons (Fsp3) is 0.667. The van der Waals surface area contributed by atoms with Gasteiger partial charge in [-0.05, 0) is 32.1 Å². The number of esters is 1. The molecule has 1 heterocycles. The van der Waals surface area contributed by atoms with Crippen molar-refractivity contribution in [3.8, 4) is 0 Å². The molecule has 0 spiro atoms. The fourth-order valence-corrected chi connectivity index (χ4v) is 3.84. The molecule has 1 aliphatic carbocycles. The molecule has 0 saturated heterocycles. The lowest BCUT2D eigenvalue weighted by molar-refractivity contribution is 0.00380. The van der Waals surface area contributed by atoms with E-state index in [1.54, 1.807) is 0 Å². The number of rotatable bonds is 3. The minimum atomic E-state index is -4.04. The third kappa shape index (κ3) is 3.15. The molecule has 1 fully saturated rings. The van der Waals surface area contributed by atoms with E-state index >= 15 is 0 Å². The lowest BCUT2D eigenvalue weighted by atomic mass is 9.88. The van der Waals surface area contributed by atoms with Gasteiger partial charge in [-0.3, -0.25) is 5.10 Å². The molecule has 112 valence electrons. The van der Waals surface area contributed by atoms with Gasteiger partial charge in [0.1, 0.15) is 11.0 Å². The fourth-order valence-electron chi connectivity index (χ4n) is 2.51. The first kappa shape index (κ1) is 15.3. The molecule has 20 heavy (non-hydrogen) atoms. The van der Waals surface area contributed by atoms with Crippen molar-refractivity contribution >= 4 is 25.7 Å². The molecule has 0 aromatic carbocycles. The third-order valence-electron chi connectivity index (χ3n) is 3.62. The maximum atomic E-state index is 12.1. The summed E-state index contributed by atoms with van der Waals surface area (Å²) in [6.07, 6.45) is 3.72. The second-order valence-corrected chi connectivity index (χ2v) is 7.67. The van der Waals surface area contributed by atoms with Crippen molar-refractivity contribution in [2.24, 2.45) is 5.92 Å². The van der Waals surface area contributed by atoms with Gasteiger partial charge >= 0.3 is 5.97 Å². The van der Waals surface area contributed by atoms with E-state index in [2.05, 4.69) is 10.2 Å². The summed E-state index contributed by atoms with van der Waals surface area (Å²) in [4.78, 5) is 11.8. The van der Waals surface area contributed by atoms with Gasteiger partial charge in [0.15, 0.2) is 5.69 Å². The highest BCUT2D eigenvalue weighted by Gasteiger charge is 2.31. The quantitative estimate of drug-likeness (QED) is 0.682. The van der Waals surface area contributed by atoms with Crippen molar-refractivity contribution in [1.82, 2.24) is 10.2 Å². The molecule has 2 rings (SSSR count). The summed E-state index contributed by atoms with van der Waals surface area (Å²) in [6, 6.07) is 0. The second-order valence-electron chi connectivity index (χ2n) is 5.17. The number of aryl methyl sites for hydroxylation is 1. The van der Waals surface area contributed by atoms with E-state index in [0.717, 1.165) is 25.7 Å². The van der Waals surface area contributed by atoms with Gasteiger partial charge in [-0.1, -0.05) is 13.3 Å². The molecule has 2 atom stereocenters. The zero-order chi connectivity index (χ0) is 14.9. The number of aromatic amines is 1. The maximum absolute atomic E-state index is 12.1. The van der Waals surface area contributed by atoms with Gasteiger partial charge in [0.05, 0.1) is 5.69 Å². The standard InChI is InChI=1S/C12H17ClN2O4S/c1-7-5-3-4-6-9(7)19-12(16)10-11(20(13,17)18)8(2)14-15-10/h7,9H,3-6H2,1-2H3,(H,14,15). The van der Waals surface area contributed by atoms with Crippen molar-refractivity contribution in [2.75, 3.05) is 0 Å². The summed E-state index contributed by atoms with van der Waals surface area (Å²) in [5.74, 6) is -0.476. The van der Waals surface area contributed by atoms with Gasteiger partial charge in [0.2, 0.25) is 0 Å². The molecule has 1 saturated carbocycles. The molecule has 1 aliphatic rings. The van der Waals surface area contributed by atoms with Crippen LogP contribution in [0.2, 0.25) is 0 Å². The zero-order valence-electron chi connectivity index (χ0n) is 11.3. The summed E-state index contributed by atoms with van der Waals surface area (Å²) in [6.45, 7) is 3.51. The SMILES string of the molecule is Cc1[nH]nc(C(=O)OC2CCCCC2C)c1S(=O)(=O)Cl. The molecule has 1 N–H and O–H groups in total. The number of hydrogen-bond acceptors (Lipinski definition) is 5. The Morgan fingerprint density at radius 1 is 1.40 bits per heavy atom. The highest BCUT2D eigenvalue weighted by molar-refractivity contribution is 8.13. The Labute approximate surface area is 122 Å². The number of nitrogens with one attached hydrogen (secondary N) is 1. The van der Waals surface area contributed by atoms with Crippen molar-refractivity contribution in [3.05, 3.63) is 11.4 Å². The first-order chi connectivity index (χ1) is 9.30. The van der Waals surface area contributed by atoms with E-state index in [-0.39, 0.29) is 28.3 Å². The monoisotopic (exact) mass is 320 g/mol. The maximum Gasteiger partial charge on any atom is 0.360 e. The molecule has 2 unspecified atom stereocenters.